The lowest BCUT2D eigenvalue weighted by Gasteiger charge is -2.25. The molecule has 4 heteroatoms. The lowest BCUT2D eigenvalue weighted by atomic mass is 10.1. The van der Waals surface area contributed by atoms with Gasteiger partial charge in [0, 0.05) is 17.0 Å². The molecule has 23 heavy (non-hydrogen) atoms. The summed E-state index contributed by atoms with van der Waals surface area (Å²) in [6, 6.07) is 16.0. The molecular weight excluding hydrogens is 306 g/mol. The molecule has 0 N–H and O–H groups in total. The van der Waals surface area contributed by atoms with E-state index in [1.165, 1.54) is 0 Å². The van der Waals surface area contributed by atoms with Crippen molar-refractivity contribution in [3.8, 4) is 5.75 Å². The number of amides is 1. The SMILES string of the molecule is CCCCN1C(=O)c2ccccc2C1Sc1ccc(OC)cc1. The molecule has 0 radical (unpaired) electrons. The van der Waals surface area contributed by atoms with Gasteiger partial charge in [-0.15, -0.1) is 0 Å². The number of ether oxygens (including phenoxy) is 1. The predicted molar refractivity (Wildman–Crippen MR) is 94.0 cm³/mol. The maximum atomic E-state index is 12.7. The number of fused-ring (bicyclic) bond motifs is 1. The third kappa shape index (κ3) is 3.22. The summed E-state index contributed by atoms with van der Waals surface area (Å²) >= 11 is 1.72. The van der Waals surface area contributed by atoms with E-state index in [2.05, 4.69) is 13.0 Å². The van der Waals surface area contributed by atoms with Crippen LogP contribution in [0.1, 0.15) is 41.1 Å². The van der Waals surface area contributed by atoms with E-state index in [0.717, 1.165) is 41.2 Å². The van der Waals surface area contributed by atoms with Crippen molar-refractivity contribution < 1.29 is 9.53 Å². The second-order valence-electron chi connectivity index (χ2n) is 5.59. The van der Waals surface area contributed by atoms with Gasteiger partial charge in [0.15, 0.2) is 0 Å². The second-order valence-corrected chi connectivity index (χ2v) is 6.74. The molecule has 0 saturated carbocycles. The zero-order valence-corrected chi connectivity index (χ0v) is 14.3. The zero-order chi connectivity index (χ0) is 16.2. The van der Waals surface area contributed by atoms with E-state index in [0.29, 0.717) is 0 Å². The van der Waals surface area contributed by atoms with Crippen molar-refractivity contribution in [2.45, 2.75) is 30.0 Å². The normalized spacial score (nSPS) is 16.5. The number of carbonyl (C=O) groups is 1. The van der Waals surface area contributed by atoms with Crippen molar-refractivity contribution in [1.29, 1.82) is 0 Å². The number of benzene rings is 2. The average molecular weight is 327 g/mol. The van der Waals surface area contributed by atoms with Crippen LogP contribution in [0.25, 0.3) is 0 Å². The molecule has 0 bridgehead atoms. The smallest absolute Gasteiger partial charge is 0.255 e. The Kier molecular flexibility index (Phi) is 4.91. The second kappa shape index (κ2) is 7.09. The fraction of sp³-hybridized carbons (Fsp3) is 0.316. The Morgan fingerprint density at radius 1 is 1.13 bits per heavy atom. The van der Waals surface area contributed by atoms with Crippen LogP contribution in [-0.2, 0) is 0 Å². The Morgan fingerprint density at radius 2 is 1.87 bits per heavy atom. The van der Waals surface area contributed by atoms with Gasteiger partial charge in [0.05, 0.1) is 7.11 Å². The van der Waals surface area contributed by atoms with Crippen LogP contribution < -0.4 is 4.74 Å². The first kappa shape index (κ1) is 15.9. The fourth-order valence-electron chi connectivity index (χ4n) is 2.79. The molecule has 2 aromatic rings. The highest BCUT2D eigenvalue weighted by molar-refractivity contribution is 7.99. The molecule has 0 aromatic heterocycles. The van der Waals surface area contributed by atoms with Gasteiger partial charge in [-0.05, 0) is 42.3 Å². The van der Waals surface area contributed by atoms with Gasteiger partial charge in [0.25, 0.3) is 5.91 Å². The summed E-state index contributed by atoms with van der Waals surface area (Å²) in [6.45, 7) is 2.96. The van der Waals surface area contributed by atoms with Crippen LogP contribution in [-0.4, -0.2) is 24.5 Å². The molecule has 1 aliphatic rings. The van der Waals surface area contributed by atoms with Crippen molar-refractivity contribution in [2.24, 2.45) is 0 Å². The number of carbonyl (C=O) groups excluding carboxylic acids is 1. The molecule has 1 heterocycles. The highest BCUT2D eigenvalue weighted by atomic mass is 32.2. The summed E-state index contributed by atoms with van der Waals surface area (Å²) in [4.78, 5) is 15.8. The average Bonchev–Trinajstić information content (AvgIpc) is 2.86. The van der Waals surface area contributed by atoms with Gasteiger partial charge < -0.3 is 9.64 Å². The molecule has 1 unspecified atom stereocenters. The van der Waals surface area contributed by atoms with Gasteiger partial charge in [-0.3, -0.25) is 4.79 Å². The largest absolute Gasteiger partial charge is 0.497 e. The van der Waals surface area contributed by atoms with Crippen LogP contribution in [0, 0.1) is 0 Å². The first-order valence-corrected chi connectivity index (χ1v) is 8.83. The quantitative estimate of drug-likeness (QED) is 0.767. The Morgan fingerprint density at radius 3 is 2.57 bits per heavy atom. The van der Waals surface area contributed by atoms with Crippen LogP contribution in [0.4, 0.5) is 0 Å². The Labute approximate surface area is 141 Å². The molecule has 120 valence electrons. The van der Waals surface area contributed by atoms with E-state index in [-0.39, 0.29) is 11.3 Å². The van der Waals surface area contributed by atoms with Crippen LogP contribution in [0.3, 0.4) is 0 Å². The van der Waals surface area contributed by atoms with Gasteiger partial charge in [0.1, 0.15) is 11.1 Å². The molecule has 0 aliphatic carbocycles. The van der Waals surface area contributed by atoms with Gasteiger partial charge in [-0.25, -0.2) is 0 Å². The third-order valence-corrected chi connectivity index (χ3v) is 5.34. The summed E-state index contributed by atoms with van der Waals surface area (Å²) in [7, 11) is 1.67. The van der Waals surface area contributed by atoms with E-state index in [1.54, 1.807) is 18.9 Å². The lowest BCUT2D eigenvalue weighted by Crippen LogP contribution is -2.27. The van der Waals surface area contributed by atoms with E-state index in [9.17, 15) is 4.79 Å². The number of unbranched alkanes of at least 4 members (excludes halogenated alkanes) is 1. The van der Waals surface area contributed by atoms with Crippen molar-refractivity contribution in [2.75, 3.05) is 13.7 Å². The topological polar surface area (TPSA) is 29.5 Å². The molecule has 0 saturated heterocycles. The Bertz CT molecular complexity index is 684. The van der Waals surface area contributed by atoms with Gasteiger partial charge in [-0.2, -0.15) is 0 Å². The molecule has 3 nitrogen and oxygen atoms in total. The van der Waals surface area contributed by atoms with E-state index < -0.39 is 0 Å². The van der Waals surface area contributed by atoms with E-state index in [1.807, 2.05) is 47.4 Å². The summed E-state index contributed by atoms with van der Waals surface area (Å²) in [5.74, 6) is 1.00. The van der Waals surface area contributed by atoms with E-state index >= 15 is 0 Å². The summed E-state index contributed by atoms with van der Waals surface area (Å²) in [5, 5.41) is 0.0543. The fourth-order valence-corrected chi connectivity index (χ4v) is 4.01. The summed E-state index contributed by atoms with van der Waals surface area (Å²) in [6.07, 6.45) is 2.11. The molecule has 1 atom stereocenters. The number of nitrogens with zero attached hydrogens (tertiary/aromatic N) is 1. The highest BCUT2D eigenvalue weighted by Crippen LogP contribution is 2.44. The minimum Gasteiger partial charge on any atom is -0.497 e. The van der Waals surface area contributed by atoms with Crippen LogP contribution in [0.2, 0.25) is 0 Å². The molecule has 3 rings (SSSR count). The number of hydrogen-bond acceptors (Lipinski definition) is 3. The lowest BCUT2D eigenvalue weighted by molar-refractivity contribution is 0.0771. The minimum atomic E-state index is 0.0543. The van der Waals surface area contributed by atoms with Crippen LogP contribution >= 0.6 is 11.8 Å². The van der Waals surface area contributed by atoms with Crippen molar-refractivity contribution in [1.82, 2.24) is 4.90 Å². The molecular formula is C19H21NO2S. The number of rotatable bonds is 6. The van der Waals surface area contributed by atoms with Crippen LogP contribution in [0.5, 0.6) is 5.75 Å². The van der Waals surface area contributed by atoms with Crippen molar-refractivity contribution in [3.63, 3.8) is 0 Å². The molecule has 0 fully saturated rings. The molecule has 0 spiro atoms. The summed E-state index contributed by atoms with van der Waals surface area (Å²) < 4.78 is 5.21. The Balaban J connectivity index is 1.87. The molecule has 2 aromatic carbocycles. The standard InChI is InChI=1S/C19H21NO2S/c1-3-4-13-20-18(21)16-7-5-6-8-17(16)19(20)23-15-11-9-14(22-2)10-12-15/h5-12,19H,3-4,13H2,1-2H3. The van der Waals surface area contributed by atoms with E-state index in [4.69, 9.17) is 4.74 Å². The van der Waals surface area contributed by atoms with Crippen LogP contribution in [0.15, 0.2) is 53.4 Å². The number of thioether (sulfide) groups is 1. The summed E-state index contributed by atoms with van der Waals surface area (Å²) in [5.41, 5.74) is 1.96. The first-order chi connectivity index (χ1) is 11.2. The zero-order valence-electron chi connectivity index (χ0n) is 13.5. The van der Waals surface area contributed by atoms with Crippen molar-refractivity contribution >= 4 is 17.7 Å². The maximum absolute atomic E-state index is 12.7. The number of hydrogen-bond donors (Lipinski definition) is 0. The first-order valence-electron chi connectivity index (χ1n) is 7.95. The Hall–Kier alpha value is -1.94. The van der Waals surface area contributed by atoms with Gasteiger partial charge >= 0.3 is 0 Å². The van der Waals surface area contributed by atoms with Crippen molar-refractivity contribution in [3.05, 3.63) is 59.7 Å². The highest BCUT2D eigenvalue weighted by Gasteiger charge is 2.36. The number of methoxy groups -OCH3 is 1. The molecule has 1 amide bonds. The third-order valence-electron chi connectivity index (χ3n) is 4.06. The molecule has 1 aliphatic heterocycles. The monoisotopic (exact) mass is 327 g/mol. The van der Waals surface area contributed by atoms with Gasteiger partial charge in [-0.1, -0.05) is 43.3 Å². The minimum absolute atomic E-state index is 0.0543. The predicted octanol–water partition coefficient (Wildman–Crippen LogP) is 4.74. The van der Waals surface area contributed by atoms with Gasteiger partial charge in [0.2, 0.25) is 0 Å². The maximum Gasteiger partial charge on any atom is 0.255 e.